The largest absolute Gasteiger partial charge is 0.450 e. The molecule has 4 bridgehead atoms. The van der Waals surface area contributed by atoms with Crippen molar-refractivity contribution in [2.45, 2.75) is 127 Å². The van der Waals surface area contributed by atoms with E-state index in [0.29, 0.717) is 25.9 Å². The molecule has 0 spiro atoms. The Hall–Kier alpha value is -3.45. The van der Waals surface area contributed by atoms with E-state index in [1.807, 2.05) is 20.8 Å². The monoisotopic (exact) mass is 714 g/mol. The van der Waals surface area contributed by atoms with Crippen LogP contribution < -0.4 is 15.4 Å². The third-order valence-corrected chi connectivity index (χ3v) is 12.1. The molecule has 4 aliphatic rings. The van der Waals surface area contributed by atoms with Crippen molar-refractivity contribution in [3.63, 3.8) is 0 Å². The van der Waals surface area contributed by atoms with E-state index in [0.717, 1.165) is 44.9 Å². The third-order valence-electron chi connectivity index (χ3n) is 10.3. The zero-order chi connectivity index (χ0) is 36.1. The molecular formula is C37H54N4O8S. The summed E-state index contributed by atoms with van der Waals surface area (Å²) in [4.78, 5) is 56.1. The maximum absolute atomic E-state index is 14.3. The van der Waals surface area contributed by atoms with Gasteiger partial charge in [0.05, 0.1) is 18.0 Å². The van der Waals surface area contributed by atoms with Gasteiger partial charge in [-0.25, -0.2) is 13.2 Å². The van der Waals surface area contributed by atoms with Crippen molar-refractivity contribution in [1.82, 2.24) is 20.3 Å². The summed E-state index contributed by atoms with van der Waals surface area (Å²) in [7, 11) is -3.85. The average Bonchev–Trinajstić information content (AvgIpc) is 3.99. The predicted octanol–water partition coefficient (Wildman–Crippen LogP) is 3.92. The summed E-state index contributed by atoms with van der Waals surface area (Å²) in [5, 5.41) is 4.96. The van der Waals surface area contributed by atoms with Crippen LogP contribution in [0.5, 0.6) is 0 Å². The van der Waals surface area contributed by atoms with Crippen molar-refractivity contribution in [2.75, 3.05) is 19.8 Å². The smallest absolute Gasteiger partial charge is 0.407 e. The Balaban J connectivity index is 1.35. The highest BCUT2D eigenvalue weighted by atomic mass is 32.2. The summed E-state index contributed by atoms with van der Waals surface area (Å²) in [6.45, 7) is 10.0. The fourth-order valence-corrected chi connectivity index (χ4v) is 8.36. The number of amides is 4. The van der Waals surface area contributed by atoms with Crippen LogP contribution in [0, 0.1) is 11.3 Å². The Bertz CT molecular complexity index is 1540. The van der Waals surface area contributed by atoms with Gasteiger partial charge in [0.25, 0.3) is 5.91 Å². The second-order valence-electron chi connectivity index (χ2n) is 15.4. The Labute approximate surface area is 296 Å². The molecule has 50 heavy (non-hydrogen) atoms. The predicted molar refractivity (Wildman–Crippen MR) is 188 cm³/mol. The quantitative estimate of drug-likeness (QED) is 0.374. The second-order valence-corrected chi connectivity index (χ2v) is 17.4. The molecule has 5 atom stereocenters. The molecule has 1 aromatic rings. The minimum atomic E-state index is -3.85. The lowest BCUT2D eigenvalue weighted by molar-refractivity contribution is -0.143. The molecule has 4 amide bonds. The maximum atomic E-state index is 14.3. The highest BCUT2D eigenvalue weighted by Gasteiger charge is 2.62. The zero-order valence-electron chi connectivity index (χ0n) is 29.7. The van der Waals surface area contributed by atoms with Gasteiger partial charge in [0, 0.05) is 25.5 Å². The topological polar surface area (TPSA) is 160 Å². The van der Waals surface area contributed by atoms with Crippen LogP contribution in [0.4, 0.5) is 4.79 Å². The standard InChI is InChI=1S/C37H54N4O8S/c1-5-27-23-37(27,34(44)40-50(46,47)29-17-18-29)39-32(42)30-22-28-24-41(30)33(43)31(36(2,3)4)38-35(45)49-19-10-8-6-7-9-13-25-14-11-15-26(21-25)16-12-20-48-28/h5,11,14-15,21,27-31H,1,6-10,12-13,16-20,22-24H2,2-4H3,(H,38,45)(H,39,42)(H,40,44)/t27?,28-,30+,31-,37-/m1/s1. The molecule has 276 valence electrons. The first kappa shape index (κ1) is 37.8. The van der Waals surface area contributed by atoms with Crippen LogP contribution in [0.15, 0.2) is 36.9 Å². The van der Waals surface area contributed by atoms with Gasteiger partial charge in [0.1, 0.15) is 17.6 Å². The maximum Gasteiger partial charge on any atom is 0.407 e. The molecule has 2 aliphatic carbocycles. The van der Waals surface area contributed by atoms with Gasteiger partial charge in [0.2, 0.25) is 21.8 Å². The van der Waals surface area contributed by atoms with Crippen LogP contribution in [0.25, 0.3) is 0 Å². The minimum Gasteiger partial charge on any atom is -0.450 e. The zero-order valence-corrected chi connectivity index (χ0v) is 30.5. The van der Waals surface area contributed by atoms with E-state index in [1.54, 1.807) is 0 Å². The second kappa shape index (κ2) is 15.8. The van der Waals surface area contributed by atoms with E-state index < -0.39 is 74.1 Å². The van der Waals surface area contributed by atoms with E-state index in [1.165, 1.54) is 22.1 Å². The highest BCUT2D eigenvalue weighted by Crippen LogP contribution is 2.45. The normalized spacial score (nSPS) is 29.0. The van der Waals surface area contributed by atoms with Crippen LogP contribution >= 0.6 is 0 Å². The number of carbonyl (C=O) groups is 4. The van der Waals surface area contributed by atoms with Gasteiger partial charge in [0.15, 0.2) is 0 Å². The Morgan fingerprint density at radius 1 is 1.02 bits per heavy atom. The number of aryl methyl sites for hydroxylation is 2. The molecule has 13 heteroatoms. The van der Waals surface area contributed by atoms with Crippen molar-refractivity contribution in [3.8, 4) is 0 Å². The van der Waals surface area contributed by atoms with Crippen LogP contribution in [0.3, 0.4) is 0 Å². The summed E-state index contributed by atoms with van der Waals surface area (Å²) in [6.07, 6.45) is 9.15. The molecule has 1 saturated heterocycles. The molecular weight excluding hydrogens is 660 g/mol. The number of fused-ring (bicyclic) bond motifs is 4. The lowest BCUT2D eigenvalue weighted by Crippen LogP contribution is -2.60. The Kier molecular flexibility index (Phi) is 12.0. The third kappa shape index (κ3) is 9.45. The van der Waals surface area contributed by atoms with Gasteiger partial charge in [-0.1, -0.05) is 70.4 Å². The van der Waals surface area contributed by atoms with Crippen LogP contribution in [0.1, 0.15) is 96.1 Å². The number of alkyl carbamates (subject to hydrolysis) is 1. The summed E-state index contributed by atoms with van der Waals surface area (Å²) >= 11 is 0. The summed E-state index contributed by atoms with van der Waals surface area (Å²) in [5.41, 5.74) is 0.323. The van der Waals surface area contributed by atoms with E-state index in [2.05, 4.69) is 46.2 Å². The van der Waals surface area contributed by atoms with Crippen molar-refractivity contribution in [3.05, 3.63) is 48.0 Å². The molecule has 0 radical (unpaired) electrons. The lowest BCUT2D eigenvalue weighted by atomic mass is 9.85. The molecule has 1 unspecified atom stereocenters. The van der Waals surface area contributed by atoms with Crippen LogP contribution in [-0.4, -0.2) is 85.9 Å². The molecule has 2 aliphatic heterocycles. The summed E-state index contributed by atoms with van der Waals surface area (Å²) < 4.78 is 39.1. The van der Waals surface area contributed by atoms with Gasteiger partial charge < -0.3 is 25.0 Å². The Morgan fingerprint density at radius 2 is 1.70 bits per heavy atom. The molecule has 0 aromatic heterocycles. The number of hydrogen-bond acceptors (Lipinski definition) is 8. The first-order valence-corrected chi connectivity index (χ1v) is 19.7. The fraction of sp³-hybridized carbons (Fsp3) is 0.676. The molecule has 1 aromatic carbocycles. The number of cyclic esters (lactones) is 1. The van der Waals surface area contributed by atoms with Gasteiger partial charge in [-0.2, -0.15) is 0 Å². The summed E-state index contributed by atoms with van der Waals surface area (Å²) in [5.74, 6) is -2.33. The SMILES string of the molecule is C=CC1C[C@]1(NC(=O)[C@@H]1C[C@@H]2CN1C(=O)[C@H](C(C)(C)C)NC(=O)OCCCCCCCc1cccc(c1)CCCO2)C(=O)NS(=O)(=O)C1CC1. The van der Waals surface area contributed by atoms with E-state index in [4.69, 9.17) is 9.47 Å². The minimum absolute atomic E-state index is 0.107. The number of nitrogens with one attached hydrogen (secondary N) is 3. The fourth-order valence-electron chi connectivity index (χ4n) is 7.00. The van der Waals surface area contributed by atoms with Crippen LogP contribution in [0.2, 0.25) is 0 Å². The molecule has 3 fully saturated rings. The van der Waals surface area contributed by atoms with Crippen LogP contribution in [-0.2, 0) is 46.7 Å². The molecule has 5 rings (SSSR count). The van der Waals surface area contributed by atoms with E-state index in [9.17, 15) is 27.6 Å². The highest BCUT2D eigenvalue weighted by molar-refractivity contribution is 7.91. The van der Waals surface area contributed by atoms with Crippen molar-refractivity contribution >= 4 is 33.8 Å². The number of nitrogens with zero attached hydrogens (tertiary/aromatic N) is 1. The molecule has 2 saturated carbocycles. The van der Waals surface area contributed by atoms with E-state index in [-0.39, 0.29) is 26.0 Å². The lowest BCUT2D eigenvalue weighted by Gasteiger charge is -2.35. The number of rotatable bonds is 6. The first-order chi connectivity index (χ1) is 23.7. The molecule has 2 heterocycles. The summed E-state index contributed by atoms with van der Waals surface area (Å²) in [6, 6.07) is 6.57. The average molecular weight is 715 g/mol. The van der Waals surface area contributed by atoms with Gasteiger partial charge in [-0.3, -0.25) is 19.1 Å². The number of benzene rings is 1. The first-order valence-electron chi connectivity index (χ1n) is 18.2. The Morgan fingerprint density at radius 3 is 2.36 bits per heavy atom. The number of carbonyl (C=O) groups excluding carboxylic acids is 4. The van der Waals surface area contributed by atoms with Gasteiger partial charge in [-0.05, 0) is 67.9 Å². The molecule has 12 nitrogen and oxygen atoms in total. The van der Waals surface area contributed by atoms with Crippen molar-refractivity contribution in [2.24, 2.45) is 11.3 Å². The molecule has 3 N–H and O–H groups in total. The number of ether oxygens (including phenoxy) is 2. The number of sulfonamides is 1. The van der Waals surface area contributed by atoms with E-state index >= 15 is 0 Å². The van der Waals surface area contributed by atoms with Gasteiger partial charge in [-0.15, -0.1) is 6.58 Å². The number of hydrogen-bond donors (Lipinski definition) is 3. The van der Waals surface area contributed by atoms with Gasteiger partial charge >= 0.3 is 6.09 Å². The van der Waals surface area contributed by atoms with Crippen molar-refractivity contribution < 1.29 is 37.1 Å². The van der Waals surface area contributed by atoms with Crippen molar-refractivity contribution in [1.29, 1.82) is 0 Å².